The summed E-state index contributed by atoms with van der Waals surface area (Å²) in [6, 6.07) is 0.0613. The number of carbonyl (C=O) groups excluding carboxylic acids is 1. The lowest BCUT2D eigenvalue weighted by Gasteiger charge is -2.31. The fraction of sp³-hybridized carbons (Fsp3) is 0.875. The molecule has 3 aliphatic rings. The van der Waals surface area contributed by atoms with Crippen LogP contribution < -0.4 is 10.6 Å². The van der Waals surface area contributed by atoms with Crippen LogP contribution in [0.4, 0.5) is 4.79 Å². The molecule has 0 aromatic rings. The van der Waals surface area contributed by atoms with Crippen LogP contribution in [0.15, 0.2) is 0 Å². The lowest BCUT2D eigenvalue weighted by atomic mass is 10.0. The average molecular weight is 152 g/mol. The molecule has 2 amide bonds. The Morgan fingerprint density at radius 3 is 1.82 bits per heavy atom. The van der Waals surface area contributed by atoms with Gasteiger partial charge in [0, 0.05) is 11.1 Å². The quantitative estimate of drug-likeness (QED) is 0.528. The zero-order chi connectivity index (χ0) is 7.53. The summed E-state index contributed by atoms with van der Waals surface area (Å²) < 4.78 is 0. The van der Waals surface area contributed by atoms with Crippen molar-refractivity contribution in [1.82, 2.24) is 10.6 Å². The molecule has 2 spiro atoms. The predicted molar refractivity (Wildman–Crippen MR) is 40.2 cm³/mol. The Morgan fingerprint density at radius 1 is 1.00 bits per heavy atom. The first kappa shape index (κ1) is 5.86. The van der Waals surface area contributed by atoms with Gasteiger partial charge in [0.25, 0.3) is 0 Å². The van der Waals surface area contributed by atoms with E-state index in [1.54, 1.807) is 0 Å². The summed E-state index contributed by atoms with van der Waals surface area (Å²) in [6.45, 7) is 0. The van der Waals surface area contributed by atoms with Gasteiger partial charge in [-0.05, 0) is 32.1 Å². The molecule has 11 heavy (non-hydrogen) atoms. The molecule has 1 saturated heterocycles. The van der Waals surface area contributed by atoms with Gasteiger partial charge in [-0.15, -0.1) is 0 Å². The molecule has 0 unspecified atom stereocenters. The summed E-state index contributed by atoms with van der Waals surface area (Å²) in [6.07, 6.45) is 5.96. The van der Waals surface area contributed by atoms with Gasteiger partial charge in [0.1, 0.15) is 0 Å². The third kappa shape index (κ3) is 0.767. The minimum Gasteiger partial charge on any atom is -0.333 e. The minimum absolute atomic E-state index is 0.0613. The summed E-state index contributed by atoms with van der Waals surface area (Å²) in [5.41, 5.74) is 0.470. The van der Waals surface area contributed by atoms with E-state index in [1.807, 2.05) is 0 Å². The van der Waals surface area contributed by atoms with Gasteiger partial charge in [-0.2, -0.15) is 0 Å². The average Bonchev–Trinajstić information content (AvgIpc) is 2.76. The molecule has 0 aromatic carbocycles. The van der Waals surface area contributed by atoms with Gasteiger partial charge < -0.3 is 10.6 Å². The number of amides is 2. The van der Waals surface area contributed by atoms with Crippen LogP contribution in [-0.4, -0.2) is 17.1 Å². The first-order valence-electron chi connectivity index (χ1n) is 4.33. The van der Waals surface area contributed by atoms with Crippen molar-refractivity contribution >= 4 is 6.03 Å². The fourth-order valence-corrected chi connectivity index (χ4v) is 2.15. The molecule has 0 aromatic heterocycles. The van der Waals surface area contributed by atoms with E-state index in [9.17, 15) is 4.79 Å². The molecule has 60 valence electrons. The van der Waals surface area contributed by atoms with Crippen molar-refractivity contribution in [2.75, 3.05) is 0 Å². The number of rotatable bonds is 0. The van der Waals surface area contributed by atoms with E-state index in [0.29, 0.717) is 0 Å². The van der Waals surface area contributed by atoms with Crippen LogP contribution in [0.5, 0.6) is 0 Å². The van der Waals surface area contributed by atoms with E-state index in [0.717, 1.165) is 0 Å². The molecule has 3 rings (SSSR count). The van der Waals surface area contributed by atoms with Crippen molar-refractivity contribution < 1.29 is 4.79 Å². The van der Waals surface area contributed by atoms with Crippen molar-refractivity contribution in [3.8, 4) is 0 Å². The highest BCUT2D eigenvalue weighted by Gasteiger charge is 2.58. The van der Waals surface area contributed by atoms with E-state index in [2.05, 4.69) is 10.6 Å². The van der Waals surface area contributed by atoms with E-state index in [-0.39, 0.29) is 17.1 Å². The van der Waals surface area contributed by atoms with E-state index in [4.69, 9.17) is 0 Å². The van der Waals surface area contributed by atoms with Gasteiger partial charge in [0.05, 0.1) is 0 Å². The van der Waals surface area contributed by atoms with Crippen molar-refractivity contribution in [1.29, 1.82) is 0 Å². The van der Waals surface area contributed by atoms with Crippen LogP contribution in [0.2, 0.25) is 0 Å². The number of carbonyl (C=O) groups is 1. The molecule has 3 heteroatoms. The van der Waals surface area contributed by atoms with Crippen molar-refractivity contribution in [2.45, 2.75) is 43.2 Å². The summed E-state index contributed by atoms with van der Waals surface area (Å²) >= 11 is 0. The topological polar surface area (TPSA) is 41.1 Å². The normalized spacial score (nSPS) is 34.7. The maximum atomic E-state index is 11.2. The lowest BCUT2D eigenvalue weighted by Crippen LogP contribution is -2.57. The molecular formula is C8H12N2O. The third-order valence-corrected chi connectivity index (χ3v) is 3.14. The Kier molecular flexibility index (Phi) is 0.747. The Morgan fingerprint density at radius 2 is 1.45 bits per heavy atom. The zero-order valence-corrected chi connectivity index (χ0v) is 6.44. The molecule has 2 N–H and O–H groups in total. The summed E-state index contributed by atoms with van der Waals surface area (Å²) in [5, 5.41) is 6.02. The fourth-order valence-electron chi connectivity index (χ4n) is 2.15. The SMILES string of the molecule is O=C1NC2(CC2)CC2(CC2)N1. The van der Waals surface area contributed by atoms with Crippen molar-refractivity contribution in [3.05, 3.63) is 0 Å². The van der Waals surface area contributed by atoms with Gasteiger partial charge in [-0.25, -0.2) is 4.79 Å². The van der Waals surface area contributed by atoms with E-state index >= 15 is 0 Å². The Bertz CT molecular complexity index is 206. The predicted octanol–water partition coefficient (Wildman–Crippen LogP) is 0.754. The van der Waals surface area contributed by atoms with Crippen molar-refractivity contribution in [3.63, 3.8) is 0 Å². The number of hydrogen-bond donors (Lipinski definition) is 2. The van der Waals surface area contributed by atoms with Gasteiger partial charge in [0.2, 0.25) is 0 Å². The van der Waals surface area contributed by atoms with Crippen molar-refractivity contribution in [2.24, 2.45) is 0 Å². The molecule has 1 heterocycles. The van der Waals surface area contributed by atoms with E-state index < -0.39 is 0 Å². The Balaban J connectivity index is 1.87. The first-order valence-corrected chi connectivity index (χ1v) is 4.33. The highest BCUT2D eigenvalue weighted by atomic mass is 16.2. The van der Waals surface area contributed by atoms with Gasteiger partial charge in [0.15, 0.2) is 0 Å². The number of nitrogens with one attached hydrogen (secondary N) is 2. The van der Waals surface area contributed by atoms with Crippen LogP contribution in [0.25, 0.3) is 0 Å². The van der Waals surface area contributed by atoms with Crippen LogP contribution >= 0.6 is 0 Å². The van der Waals surface area contributed by atoms with E-state index in [1.165, 1.54) is 32.1 Å². The highest BCUT2D eigenvalue weighted by Crippen LogP contribution is 2.52. The number of urea groups is 1. The molecule has 0 radical (unpaired) electrons. The molecule has 2 saturated carbocycles. The maximum absolute atomic E-state index is 11.2. The molecular weight excluding hydrogens is 140 g/mol. The van der Waals surface area contributed by atoms with Crippen LogP contribution in [0, 0.1) is 0 Å². The Labute approximate surface area is 65.5 Å². The van der Waals surface area contributed by atoms with Gasteiger partial charge >= 0.3 is 6.03 Å². The second kappa shape index (κ2) is 1.40. The second-order valence-corrected chi connectivity index (χ2v) is 4.32. The van der Waals surface area contributed by atoms with Gasteiger partial charge in [-0.3, -0.25) is 0 Å². The summed E-state index contributed by atoms with van der Waals surface area (Å²) in [4.78, 5) is 11.2. The molecule has 0 atom stereocenters. The smallest absolute Gasteiger partial charge is 0.315 e. The largest absolute Gasteiger partial charge is 0.333 e. The second-order valence-electron chi connectivity index (χ2n) is 4.32. The molecule has 1 aliphatic heterocycles. The summed E-state index contributed by atoms with van der Waals surface area (Å²) in [7, 11) is 0. The molecule has 3 nitrogen and oxygen atoms in total. The monoisotopic (exact) mass is 152 g/mol. The molecule has 3 fully saturated rings. The van der Waals surface area contributed by atoms with Crippen LogP contribution in [0.1, 0.15) is 32.1 Å². The van der Waals surface area contributed by atoms with Gasteiger partial charge in [-0.1, -0.05) is 0 Å². The summed E-state index contributed by atoms with van der Waals surface area (Å²) in [5.74, 6) is 0. The lowest BCUT2D eigenvalue weighted by molar-refractivity contribution is 0.212. The molecule has 0 bridgehead atoms. The number of hydrogen-bond acceptors (Lipinski definition) is 1. The van der Waals surface area contributed by atoms with Crippen LogP contribution in [0.3, 0.4) is 0 Å². The third-order valence-electron chi connectivity index (χ3n) is 3.14. The minimum atomic E-state index is 0.0613. The standard InChI is InChI=1S/C8H12N2O/c11-6-9-7(1-2-7)5-8(10-6)3-4-8/h1-5H2,(H2,9,10,11). The molecule has 2 aliphatic carbocycles. The van der Waals surface area contributed by atoms with Crippen LogP contribution in [-0.2, 0) is 0 Å². The first-order chi connectivity index (χ1) is 5.22. The highest BCUT2D eigenvalue weighted by molar-refractivity contribution is 5.78. The Hall–Kier alpha value is -0.730. The maximum Gasteiger partial charge on any atom is 0.315 e. The zero-order valence-electron chi connectivity index (χ0n) is 6.44.